The predicted molar refractivity (Wildman–Crippen MR) is 110 cm³/mol. The smallest absolute Gasteiger partial charge is 0.254 e. The maximum Gasteiger partial charge on any atom is 0.254 e. The zero-order chi connectivity index (χ0) is 19.8. The number of nitrogens with zero attached hydrogens (tertiary/aromatic N) is 1. The average molecular weight is 380 g/mol. The molecule has 0 atom stereocenters. The summed E-state index contributed by atoms with van der Waals surface area (Å²) in [6.45, 7) is 5.14. The third kappa shape index (κ3) is 5.42. The van der Waals surface area contributed by atoms with E-state index >= 15 is 0 Å². The highest BCUT2D eigenvalue weighted by Gasteiger charge is 2.18. The van der Waals surface area contributed by atoms with Gasteiger partial charge in [-0.3, -0.25) is 9.59 Å². The molecule has 2 amide bonds. The molecule has 0 aliphatic carbocycles. The number of unbranched alkanes of at least 4 members (excludes halogenated alkanes) is 1. The summed E-state index contributed by atoms with van der Waals surface area (Å²) in [6.07, 6.45) is 2.54. The lowest BCUT2D eigenvalue weighted by atomic mass is 10.0. The topological polar surface area (TPSA) is 58.6 Å². The van der Waals surface area contributed by atoms with Crippen LogP contribution in [0, 0.1) is 0 Å². The van der Waals surface area contributed by atoms with Crippen molar-refractivity contribution in [3.05, 3.63) is 59.7 Å². The third-order valence-corrected chi connectivity index (χ3v) is 4.96. The summed E-state index contributed by atoms with van der Waals surface area (Å²) < 4.78 is 5.30. The molecule has 148 valence electrons. The maximum atomic E-state index is 12.5. The van der Waals surface area contributed by atoms with Crippen LogP contribution in [0.3, 0.4) is 0 Å². The molecule has 0 unspecified atom stereocenters. The van der Waals surface area contributed by atoms with Crippen molar-refractivity contribution in [3.63, 3.8) is 0 Å². The van der Waals surface area contributed by atoms with Crippen molar-refractivity contribution in [2.24, 2.45) is 0 Å². The fourth-order valence-electron chi connectivity index (χ4n) is 3.20. The van der Waals surface area contributed by atoms with Gasteiger partial charge in [0, 0.05) is 31.6 Å². The molecule has 1 aliphatic rings. The number of carbonyl (C=O) groups excluding carboxylic acids is 2. The molecule has 3 rings (SSSR count). The minimum absolute atomic E-state index is 0.0593. The molecule has 28 heavy (non-hydrogen) atoms. The van der Waals surface area contributed by atoms with Crippen molar-refractivity contribution < 1.29 is 14.3 Å². The molecule has 0 bridgehead atoms. The summed E-state index contributed by atoms with van der Waals surface area (Å²) in [5, 5.41) is 2.95. The first-order chi connectivity index (χ1) is 13.7. The number of amides is 2. The molecular weight excluding hydrogens is 352 g/mol. The fourth-order valence-corrected chi connectivity index (χ4v) is 3.20. The zero-order valence-electron chi connectivity index (χ0n) is 16.4. The van der Waals surface area contributed by atoms with Crippen LogP contribution in [0.1, 0.15) is 42.1 Å². The number of carbonyl (C=O) groups is 2. The van der Waals surface area contributed by atoms with Crippen LogP contribution in [0.15, 0.2) is 48.5 Å². The summed E-state index contributed by atoms with van der Waals surface area (Å²) in [5.74, 6) is 0.162. The highest BCUT2D eigenvalue weighted by atomic mass is 16.5. The molecule has 2 aromatic rings. The number of hydrogen-bond donors (Lipinski definition) is 1. The minimum atomic E-state index is 0.0593. The van der Waals surface area contributed by atoms with Crippen LogP contribution >= 0.6 is 0 Å². The van der Waals surface area contributed by atoms with E-state index in [-0.39, 0.29) is 11.8 Å². The molecule has 0 saturated carbocycles. The highest BCUT2D eigenvalue weighted by Crippen LogP contribution is 2.21. The van der Waals surface area contributed by atoms with Gasteiger partial charge in [-0.15, -0.1) is 0 Å². The molecule has 1 heterocycles. The molecular formula is C23H28N2O3. The van der Waals surface area contributed by atoms with E-state index in [2.05, 4.69) is 12.2 Å². The Kier molecular flexibility index (Phi) is 7.20. The van der Waals surface area contributed by atoms with Crippen LogP contribution in [0.2, 0.25) is 0 Å². The largest absolute Gasteiger partial charge is 0.378 e. The van der Waals surface area contributed by atoms with Crippen molar-refractivity contribution in [3.8, 4) is 11.1 Å². The van der Waals surface area contributed by atoms with Gasteiger partial charge >= 0.3 is 0 Å². The standard InChI is InChI=1S/C23H28N2O3/c1-2-3-4-22(26)24-17-18-5-7-19(8-6-18)20-9-11-21(12-10-20)23(27)25-13-15-28-16-14-25/h5-12H,2-4,13-17H2,1H3,(H,24,26). The summed E-state index contributed by atoms with van der Waals surface area (Å²) in [6, 6.07) is 15.9. The normalized spacial score (nSPS) is 14.0. The van der Waals surface area contributed by atoms with Gasteiger partial charge in [0.2, 0.25) is 5.91 Å². The van der Waals surface area contributed by atoms with Gasteiger partial charge in [0.1, 0.15) is 0 Å². The summed E-state index contributed by atoms with van der Waals surface area (Å²) in [5.41, 5.74) is 3.94. The van der Waals surface area contributed by atoms with Crippen LogP contribution in [0.5, 0.6) is 0 Å². The minimum Gasteiger partial charge on any atom is -0.378 e. The fraction of sp³-hybridized carbons (Fsp3) is 0.391. The second-order valence-corrected chi connectivity index (χ2v) is 7.06. The van der Waals surface area contributed by atoms with Crippen molar-refractivity contribution in [1.82, 2.24) is 10.2 Å². The van der Waals surface area contributed by atoms with Crippen molar-refractivity contribution in [1.29, 1.82) is 0 Å². The molecule has 5 nitrogen and oxygen atoms in total. The second-order valence-electron chi connectivity index (χ2n) is 7.06. The lowest BCUT2D eigenvalue weighted by molar-refractivity contribution is -0.121. The van der Waals surface area contributed by atoms with E-state index in [9.17, 15) is 9.59 Å². The zero-order valence-corrected chi connectivity index (χ0v) is 16.4. The van der Waals surface area contributed by atoms with Crippen molar-refractivity contribution >= 4 is 11.8 Å². The summed E-state index contributed by atoms with van der Waals surface area (Å²) in [7, 11) is 0. The Bertz CT molecular complexity index is 778. The molecule has 0 radical (unpaired) electrons. The first-order valence-electron chi connectivity index (χ1n) is 10.0. The number of ether oxygens (including phenoxy) is 1. The average Bonchev–Trinajstić information content (AvgIpc) is 2.77. The predicted octanol–water partition coefficient (Wildman–Crippen LogP) is 3.63. The molecule has 1 N–H and O–H groups in total. The molecule has 1 fully saturated rings. The molecule has 0 aromatic heterocycles. The van der Waals surface area contributed by atoms with Crippen LogP contribution in [-0.4, -0.2) is 43.0 Å². The maximum absolute atomic E-state index is 12.5. The van der Waals surface area contributed by atoms with Gasteiger partial charge in [0.15, 0.2) is 0 Å². The lowest BCUT2D eigenvalue weighted by Crippen LogP contribution is -2.40. The Labute approximate surface area is 166 Å². The van der Waals surface area contributed by atoms with Crippen LogP contribution < -0.4 is 5.32 Å². The quantitative estimate of drug-likeness (QED) is 0.798. The molecule has 1 saturated heterocycles. The second kappa shape index (κ2) is 10.0. The summed E-state index contributed by atoms with van der Waals surface area (Å²) >= 11 is 0. The SMILES string of the molecule is CCCCC(=O)NCc1ccc(-c2ccc(C(=O)N3CCOCC3)cc2)cc1. The van der Waals surface area contributed by atoms with E-state index in [0.29, 0.717) is 44.8 Å². The number of hydrogen-bond acceptors (Lipinski definition) is 3. The van der Waals surface area contributed by atoms with E-state index in [1.165, 1.54) is 0 Å². The van der Waals surface area contributed by atoms with Gasteiger partial charge in [0.25, 0.3) is 5.91 Å². The van der Waals surface area contributed by atoms with Crippen molar-refractivity contribution in [2.75, 3.05) is 26.3 Å². The first-order valence-corrected chi connectivity index (χ1v) is 10.0. The van der Waals surface area contributed by atoms with E-state index < -0.39 is 0 Å². The van der Waals surface area contributed by atoms with Crippen molar-refractivity contribution in [2.45, 2.75) is 32.7 Å². The van der Waals surface area contributed by atoms with E-state index in [1.807, 2.05) is 53.4 Å². The Balaban J connectivity index is 1.57. The Hall–Kier alpha value is -2.66. The monoisotopic (exact) mass is 380 g/mol. The number of morpholine rings is 1. The van der Waals surface area contributed by atoms with Gasteiger partial charge in [-0.05, 0) is 35.2 Å². The lowest BCUT2D eigenvalue weighted by Gasteiger charge is -2.26. The van der Waals surface area contributed by atoms with Gasteiger partial charge in [-0.2, -0.15) is 0 Å². The molecule has 5 heteroatoms. The number of benzene rings is 2. The molecule has 0 spiro atoms. The molecule has 2 aromatic carbocycles. The number of rotatable bonds is 7. The van der Waals surface area contributed by atoms with E-state index in [4.69, 9.17) is 4.74 Å². The van der Waals surface area contributed by atoms with Gasteiger partial charge in [0.05, 0.1) is 13.2 Å². The Morgan fingerprint density at radius 1 is 0.964 bits per heavy atom. The number of nitrogens with one attached hydrogen (secondary N) is 1. The third-order valence-electron chi connectivity index (χ3n) is 4.96. The Morgan fingerprint density at radius 2 is 1.57 bits per heavy atom. The summed E-state index contributed by atoms with van der Waals surface area (Å²) in [4.78, 5) is 26.1. The van der Waals surface area contributed by atoms with E-state index in [0.717, 1.165) is 29.5 Å². The van der Waals surface area contributed by atoms with Gasteiger partial charge < -0.3 is 15.0 Å². The highest BCUT2D eigenvalue weighted by molar-refractivity contribution is 5.94. The van der Waals surface area contributed by atoms with E-state index in [1.54, 1.807) is 0 Å². The Morgan fingerprint density at radius 3 is 2.18 bits per heavy atom. The van der Waals surface area contributed by atoms with Gasteiger partial charge in [-0.25, -0.2) is 0 Å². The first kappa shape index (κ1) is 20.1. The van der Waals surface area contributed by atoms with Gasteiger partial charge in [-0.1, -0.05) is 49.7 Å². The van der Waals surface area contributed by atoms with Crippen LogP contribution in [0.4, 0.5) is 0 Å². The van der Waals surface area contributed by atoms with Crippen LogP contribution in [0.25, 0.3) is 11.1 Å². The van der Waals surface area contributed by atoms with Crippen LogP contribution in [-0.2, 0) is 16.1 Å². The molecule has 1 aliphatic heterocycles.